The van der Waals surface area contributed by atoms with Gasteiger partial charge in [-0.05, 0) is 42.2 Å². The molecule has 0 aromatic heterocycles. The fourth-order valence-corrected chi connectivity index (χ4v) is 2.19. The monoisotopic (exact) mass is 361 g/mol. The Balaban J connectivity index is 0.000000754. The smallest absolute Gasteiger partial charge is 0.414 e. The minimum atomic E-state index is -1.82. The van der Waals surface area contributed by atoms with Crippen molar-refractivity contribution in [3.8, 4) is 11.5 Å². The number of thioether (sulfide) groups is 1. The number of nitrogens with one attached hydrogen (secondary N) is 1. The van der Waals surface area contributed by atoms with Crippen LogP contribution < -0.4 is 5.32 Å². The van der Waals surface area contributed by atoms with Crippen molar-refractivity contribution in [1.29, 1.82) is 0 Å². The molecule has 6 N–H and O–H groups in total. The van der Waals surface area contributed by atoms with Crippen molar-refractivity contribution >= 4 is 23.7 Å². The number of carbonyl (C=O) groups is 2. The van der Waals surface area contributed by atoms with Gasteiger partial charge in [0.05, 0.1) is 6.10 Å². The van der Waals surface area contributed by atoms with Crippen LogP contribution in [0.3, 0.4) is 0 Å². The number of rotatable bonds is 8. The molecular weight excluding hydrogens is 338 g/mol. The summed E-state index contributed by atoms with van der Waals surface area (Å²) in [7, 11) is 0. The first-order valence-electron chi connectivity index (χ1n) is 7.24. The molecule has 8 nitrogen and oxygen atoms in total. The highest BCUT2D eigenvalue weighted by Gasteiger charge is 2.09. The van der Waals surface area contributed by atoms with Crippen molar-refractivity contribution in [1.82, 2.24) is 5.32 Å². The maximum absolute atomic E-state index is 9.88. The van der Waals surface area contributed by atoms with Gasteiger partial charge in [0, 0.05) is 6.54 Å². The van der Waals surface area contributed by atoms with Crippen LogP contribution in [0.15, 0.2) is 18.2 Å². The Labute approximate surface area is 144 Å². The van der Waals surface area contributed by atoms with E-state index in [0.717, 1.165) is 24.5 Å². The Kier molecular flexibility index (Phi) is 11.4. The van der Waals surface area contributed by atoms with Gasteiger partial charge in [-0.3, -0.25) is 0 Å². The highest BCUT2D eigenvalue weighted by atomic mass is 32.2. The summed E-state index contributed by atoms with van der Waals surface area (Å²) in [5.74, 6) is -1.76. The van der Waals surface area contributed by atoms with Crippen LogP contribution in [0.2, 0.25) is 0 Å². The quantitative estimate of drug-likeness (QED) is 0.227. The van der Waals surface area contributed by atoms with E-state index in [1.807, 2.05) is 11.8 Å². The van der Waals surface area contributed by atoms with Gasteiger partial charge in [0.25, 0.3) is 0 Å². The summed E-state index contributed by atoms with van der Waals surface area (Å²) in [5.41, 5.74) is 0.598. The Morgan fingerprint density at radius 3 is 2.29 bits per heavy atom. The lowest BCUT2D eigenvalue weighted by molar-refractivity contribution is -0.159. The fourth-order valence-electron chi connectivity index (χ4n) is 1.55. The predicted molar refractivity (Wildman–Crippen MR) is 90.5 cm³/mol. The lowest BCUT2D eigenvalue weighted by atomic mass is 10.1. The second-order valence-electron chi connectivity index (χ2n) is 4.63. The van der Waals surface area contributed by atoms with Gasteiger partial charge in [0.15, 0.2) is 11.5 Å². The third-order valence-corrected chi connectivity index (χ3v) is 3.74. The van der Waals surface area contributed by atoms with E-state index in [2.05, 4.69) is 12.2 Å². The molecule has 0 spiro atoms. The van der Waals surface area contributed by atoms with E-state index in [0.29, 0.717) is 12.1 Å². The molecule has 0 bridgehead atoms. The summed E-state index contributed by atoms with van der Waals surface area (Å²) in [6, 6.07) is 4.37. The molecule has 0 saturated heterocycles. The number of benzene rings is 1. The Hall–Kier alpha value is -1.97. The molecule has 0 fully saturated rings. The molecule has 0 aliphatic rings. The number of aliphatic hydroxyl groups excluding tert-OH is 1. The standard InChI is InChI=1S/C13H21NO3S.C2H2O4/c1-2-18-7-3-6-14-9-13(17)10-4-5-11(15)12(16)8-10;3-1(4)2(5)6/h4-5,8,13-17H,2-3,6-7,9H2,1H3;(H,3,4)(H,5,6). The number of aliphatic carboxylic acids is 2. The molecule has 1 aromatic rings. The van der Waals surface area contributed by atoms with E-state index in [1.54, 1.807) is 6.07 Å². The summed E-state index contributed by atoms with van der Waals surface area (Å²) >= 11 is 1.90. The van der Waals surface area contributed by atoms with Crippen molar-refractivity contribution in [2.45, 2.75) is 19.4 Å². The van der Waals surface area contributed by atoms with Crippen LogP contribution in [-0.4, -0.2) is 62.1 Å². The van der Waals surface area contributed by atoms with Gasteiger partial charge in [-0.15, -0.1) is 0 Å². The molecule has 24 heavy (non-hydrogen) atoms. The second-order valence-corrected chi connectivity index (χ2v) is 6.02. The van der Waals surface area contributed by atoms with Gasteiger partial charge < -0.3 is 30.8 Å². The van der Waals surface area contributed by atoms with Crippen LogP contribution in [0.25, 0.3) is 0 Å². The first-order valence-corrected chi connectivity index (χ1v) is 8.39. The van der Waals surface area contributed by atoms with Gasteiger partial charge in [-0.25, -0.2) is 9.59 Å². The lowest BCUT2D eigenvalue weighted by Gasteiger charge is -2.12. The van der Waals surface area contributed by atoms with Crippen LogP contribution in [0.1, 0.15) is 25.0 Å². The molecule has 1 aromatic carbocycles. The maximum Gasteiger partial charge on any atom is 0.414 e. The van der Waals surface area contributed by atoms with Gasteiger partial charge in [0.1, 0.15) is 0 Å². The van der Waals surface area contributed by atoms with Crippen molar-refractivity contribution in [3.63, 3.8) is 0 Å². The number of hydrogen-bond acceptors (Lipinski definition) is 7. The normalized spacial score (nSPS) is 11.2. The molecular formula is C15H23NO7S. The minimum absolute atomic E-state index is 0.171. The van der Waals surface area contributed by atoms with Crippen molar-refractivity contribution in [2.24, 2.45) is 0 Å². The van der Waals surface area contributed by atoms with Gasteiger partial charge in [-0.1, -0.05) is 13.0 Å². The number of carboxylic acid groups (broad SMARTS) is 2. The number of phenols is 2. The summed E-state index contributed by atoms with van der Waals surface area (Å²) < 4.78 is 0. The minimum Gasteiger partial charge on any atom is -0.504 e. The number of aromatic hydroxyl groups is 2. The van der Waals surface area contributed by atoms with Crippen LogP contribution in [-0.2, 0) is 9.59 Å². The summed E-state index contributed by atoms with van der Waals surface area (Å²) in [6.45, 7) is 3.45. The van der Waals surface area contributed by atoms with E-state index in [-0.39, 0.29) is 11.5 Å². The van der Waals surface area contributed by atoms with Crippen LogP contribution in [0.5, 0.6) is 11.5 Å². The number of hydrogen-bond donors (Lipinski definition) is 6. The molecule has 1 rings (SSSR count). The molecule has 1 unspecified atom stereocenters. The second kappa shape index (κ2) is 12.5. The number of phenolic OH excluding ortho intramolecular Hbond substituents is 2. The predicted octanol–water partition coefficient (Wildman–Crippen LogP) is 1.02. The molecule has 0 aliphatic heterocycles. The van der Waals surface area contributed by atoms with E-state index in [4.69, 9.17) is 19.8 Å². The van der Waals surface area contributed by atoms with Gasteiger partial charge >= 0.3 is 11.9 Å². The topological polar surface area (TPSA) is 147 Å². The summed E-state index contributed by atoms with van der Waals surface area (Å²) in [6.07, 6.45) is 0.404. The number of carboxylic acids is 2. The highest BCUT2D eigenvalue weighted by molar-refractivity contribution is 7.99. The van der Waals surface area contributed by atoms with E-state index in [9.17, 15) is 15.3 Å². The van der Waals surface area contributed by atoms with Crippen LogP contribution >= 0.6 is 11.8 Å². The third kappa shape index (κ3) is 9.93. The summed E-state index contributed by atoms with van der Waals surface area (Å²) in [5, 5.41) is 46.3. The molecule has 1 atom stereocenters. The highest BCUT2D eigenvalue weighted by Crippen LogP contribution is 2.27. The molecule has 9 heteroatoms. The Bertz CT molecular complexity index is 513. The molecule has 0 aliphatic carbocycles. The molecule has 0 radical (unpaired) electrons. The van der Waals surface area contributed by atoms with Crippen molar-refractivity contribution in [3.05, 3.63) is 23.8 Å². The van der Waals surface area contributed by atoms with Crippen LogP contribution in [0, 0.1) is 0 Å². The Morgan fingerprint density at radius 2 is 1.79 bits per heavy atom. The zero-order valence-electron chi connectivity index (χ0n) is 13.3. The summed E-state index contributed by atoms with van der Waals surface area (Å²) in [4.78, 5) is 18.2. The van der Waals surface area contributed by atoms with Crippen LogP contribution in [0.4, 0.5) is 0 Å². The van der Waals surface area contributed by atoms with E-state index < -0.39 is 18.0 Å². The number of aliphatic hydroxyl groups is 1. The molecule has 136 valence electrons. The Morgan fingerprint density at radius 1 is 1.17 bits per heavy atom. The fraction of sp³-hybridized carbons (Fsp3) is 0.467. The van der Waals surface area contributed by atoms with E-state index >= 15 is 0 Å². The van der Waals surface area contributed by atoms with Gasteiger partial charge in [-0.2, -0.15) is 11.8 Å². The third-order valence-electron chi connectivity index (χ3n) is 2.75. The van der Waals surface area contributed by atoms with Crippen molar-refractivity contribution < 1.29 is 35.1 Å². The molecule has 0 heterocycles. The van der Waals surface area contributed by atoms with Crippen molar-refractivity contribution in [2.75, 3.05) is 24.6 Å². The average Bonchev–Trinajstić information content (AvgIpc) is 2.53. The van der Waals surface area contributed by atoms with Gasteiger partial charge in [0.2, 0.25) is 0 Å². The lowest BCUT2D eigenvalue weighted by Crippen LogP contribution is -2.22. The SMILES string of the molecule is CCSCCCNCC(O)c1ccc(O)c(O)c1.O=C(O)C(=O)O. The van der Waals surface area contributed by atoms with E-state index in [1.165, 1.54) is 12.1 Å². The molecule has 0 saturated carbocycles. The first kappa shape index (κ1) is 22.0. The zero-order chi connectivity index (χ0) is 18.5. The zero-order valence-corrected chi connectivity index (χ0v) is 14.1. The largest absolute Gasteiger partial charge is 0.504 e. The maximum atomic E-state index is 9.88. The molecule has 0 amide bonds. The average molecular weight is 361 g/mol. The first-order chi connectivity index (χ1) is 11.3.